The maximum Gasteiger partial charge on any atom is 0.123 e. The second-order valence-corrected chi connectivity index (χ2v) is 8.25. The molecular weight excluding hydrogens is 339 g/mol. The van der Waals surface area contributed by atoms with Gasteiger partial charge in [0.05, 0.1) is 7.11 Å². The van der Waals surface area contributed by atoms with Gasteiger partial charge in [0.15, 0.2) is 0 Å². The predicted molar refractivity (Wildman–Crippen MR) is 107 cm³/mol. The number of halogens is 1. The third kappa shape index (κ3) is 3.37. The second-order valence-electron chi connectivity index (χ2n) is 8.25. The van der Waals surface area contributed by atoms with Gasteiger partial charge in [0.1, 0.15) is 11.6 Å². The lowest BCUT2D eigenvalue weighted by Gasteiger charge is -2.55. The van der Waals surface area contributed by atoms with Crippen LogP contribution in [0.5, 0.6) is 5.75 Å². The van der Waals surface area contributed by atoms with Gasteiger partial charge in [-0.05, 0) is 80.4 Å². The Labute approximate surface area is 161 Å². The highest BCUT2D eigenvalue weighted by molar-refractivity contribution is 5.45. The van der Waals surface area contributed by atoms with E-state index in [0.717, 1.165) is 38.1 Å². The summed E-state index contributed by atoms with van der Waals surface area (Å²) in [4.78, 5) is 2.50. The zero-order valence-corrected chi connectivity index (χ0v) is 16.5. The Morgan fingerprint density at radius 3 is 2.74 bits per heavy atom. The SMILES string of the molecule is COc1ccc2c(c1)[C@]1(C)CCN(C)[C@H](C2)[C@H]1NCCc1ccc(F)cc1. The monoisotopic (exact) mass is 368 g/mol. The van der Waals surface area contributed by atoms with Crippen LogP contribution in [0.15, 0.2) is 42.5 Å². The average molecular weight is 368 g/mol. The standard InChI is InChI=1S/C23H29FN2O/c1-23-11-13-26(2)21(14-17-6-9-19(27-3)15-20(17)23)22(23)25-12-10-16-4-7-18(24)8-5-16/h4-9,15,21-22,25H,10-14H2,1-3H3/t21-,22-,23+/m1/s1. The van der Waals surface area contributed by atoms with Crippen molar-refractivity contribution >= 4 is 0 Å². The number of likely N-dealkylation sites (N-methyl/N-ethyl adjacent to an activating group) is 1. The molecule has 2 aromatic rings. The van der Waals surface area contributed by atoms with Gasteiger partial charge in [-0.2, -0.15) is 0 Å². The van der Waals surface area contributed by atoms with E-state index in [2.05, 4.69) is 42.4 Å². The van der Waals surface area contributed by atoms with Crippen LogP contribution < -0.4 is 10.1 Å². The summed E-state index contributed by atoms with van der Waals surface area (Å²) in [5, 5.41) is 3.86. The first kappa shape index (κ1) is 18.5. The van der Waals surface area contributed by atoms with Gasteiger partial charge in [0.2, 0.25) is 0 Å². The normalized spacial score (nSPS) is 27.3. The number of benzene rings is 2. The fourth-order valence-corrected chi connectivity index (χ4v) is 4.99. The third-order valence-electron chi connectivity index (χ3n) is 6.67. The van der Waals surface area contributed by atoms with Crippen LogP contribution in [0, 0.1) is 5.82 Å². The van der Waals surface area contributed by atoms with Crippen LogP contribution in [-0.4, -0.2) is 44.2 Å². The Morgan fingerprint density at radius 1 is 1.22 bits per heavy atom. The number of nitrogens with zero attached hydrogens (tertiary/aromatic N) is 1. The van der Waals surface area contributed by atoms with Crippen LogP contribution in [0.2, 0.25) is 0 Å². The molecule has 1 aliphatic heterocycles. The lowest BCUT2D eigenvalue weighted by atomic mass is 9.61. The molecule has 27 heavy (non-hydrogen) atoms. The quantitative estimate of drug-likeness (QED) is 0.873. The highest BCUT2D eigenvalue weighted by atomic mass is 19.1. The highest BCUT2D eigenvalue weighted by Crippen LogP contribution is 2.45. The third-order valence-corrected chi connectivity index (χ3v) is 6.67. The fourth-order valence-electron chi connectivity index (χ4n) is 4.99. The van der Waals surface area contributed by atoms with Gasteiger partial charge in [-0.1, -0.05) is 25.1 Å². The molecule has 0 saturated carbocycles. The van der Waals surface area contributed by atoms with Crippen molar-refractivity contribution in [1.82, 2.24) is 10.2 Å². The van der Waals surface area contributed by atoms with Crippen molar-refractivity contribution < 1.29 is 9.13 Å². The summed E-state index contributed by atoms with van der Waals surface area (Å²) in [5.74, 6) is 0.769. The molecule has 2 aromatic carbocycles. The Kier molecular flexibility index (Phi) is 4.95. The maximum atomic E-state index is 13.1. The molecule has 0 unspecified atom stereocenters. The lowest BCUT2D eigenvalue weighted by molar-refractivity contribution is 0.0663. The summed E-state index contributed by atoms with van der Waals surface area (Å²) in [5.41, 5.74) is 4.16. The molecule has 0 amide bonds. The van der Waals surface area contributed by atoms with Gasteiger partial charge >= 0.3 is 0 Å². The predicted octanol–water partition coefficient (Wildman–Crippen LogP) is 3.55. The van der Waals surface area contributed by atoms with Crippen molar-refractivity contribution in [3.05, 3.63) is 65.0 Å². The molecule has 1 aliphatic carbocycles. The van der Waals surface area contributed by atoms with Gasteiger partial charge in [-0.15, -0.1) is 0 Å². The number of hydrogen-bond acceptors (Lipinski definition) is 3. The first-order valence-electron chi connectivity index (χ1n) is 9.87. The van der Waals surface area contributed by atoms with Crippen molar-refractivity contribution in [3.8, 4) is 5.75 Å². The van der Waals surface area contributed by atoms with Crippen molar-refractivity contribution in [3.63, 3.8) is 0 Å². The number of hydrogen-bond donors (Lipinski definition) is 1. The summed E-state index contributed by atoms with van der Waals surface area (Å²) in [7, 11) is 3.98. The number of likely N-dealkylation sites (tertiary alicyclic amines) is 1. The Morgan fingerprint density at radius 2 is 2.00 bits per heavy atom. The van der Waals surface area contributed by atoms with E-state index in [0.29, 0.717) is 12.1 Å². The zero-order valence-electron chi connectivity index (χ0n) is 16.5. The van der Waals surface area contributed by atoms with E-state index in [1.54, 1.807) is 19.2 Å². The molecule has 1 N–H and O–H groups in total. The van der Waals surface area contributed by atoms with Crippen molar-refractivity contribution in [1.29, 1.82) is 0 Å². The summed E-state index contributed by atoms with van der Waals surface area (Å²) >= 11 is 0. The van der Waals surface area contributed by atoms with E-state index in [-0.39, 0.29) is 11.2 Å². The van der Waals surface area contributed by atoms with Gasteiger partial charge in [-0.25, -0.2) is 4.39 Å². The molecule has 3 atom stereocenters. The molecule has 144 valence electrons. The van der Waals surface area contributed by atoms with Gasteiger partial charge < -0.3 is 15.0 Å². The van der Waals surface area contributed by atoms with E-state index < -0.39 is 0 Å². The highest BCUT2D eigenvalue weighted by Gasteiger charge is 2.49. The molecule has 4 heteroatoms. The lowest BCUT2D eigenvalue weighted by Crippen LogP contribution is -2.66. The topological polar surface area (TPSA) is 24.5 Å². The molecule has 0 radical (unpaired) electrons. The molecule has 0 spiro atoms. The smallest absolute Gasteiger partial charge is 0.123 e. The van der Waals surface area contributed by atoms with Gasteiger partial charge in [0, 0.05) is 17.5 Å². The van der Waals surface area contributed by atoms with E-state index in [1.165, 1.54) is 16.7 Å². The fraction of sp³-hybridized carbons (Fsp3) is 0.478. The molecule has 2 bridgehead atoms. The summed E-state index contributed by atoms with van der Waals surface area (Å²) in [6.45, 7) is 4.42. The molecule has 1 saturated heterocycles. The van der Waals surface area contributed by atoms with E-state index in [1.807, 2.05) is 12.1 Å². The summed E-state index contributed by atoms with van der Waals surface area (Å²) < 4.78 is 18.6. The zero-order chi connectivity index (χ0) is 19.0. The Hall–Kier alpha value is -1.91. The van der Waals surface area contributed by atoms with Crippen LogP contribution in [0.3, 0.4) is 0 Å². The van der Waals surface area contributed by atoms with E-state index in [4.69, 9.17) is 4.74 Å². The minimum Gasteiger partial charge on any atom is -0.497 e. The largest absolute Gasteiger partial charge is 0.497 e. The number of ether oxygens (including phenoxy) is 1. The molecule has 3 nitrogen and oxygen atoms in total. The van der Waals surface area contributed by atoms with E-state index >= 15 is 0 Å². The first-order valence-corrected chi connectivity index (χ1v) is 9.87. The number of nitrogens with one attached hydrogen (secondary N) is 1. The number of methoxy groups -OCH3 is 1. The van der Waals surface area contributed by atoms with E-state index in [9.17, 15) is 4.39 Å². The Balaban J connectivity index is 1.56. The van der Waals surface area contributed by atoms with Crippen LogP contribution in [-0.2, 0) is 18.3 Å². The van der Waals surface area contributed by atoms with Crippen molar-refractivity contribution in [2.24, 2.45) is 0 Å². The minimum absolute atomic E-state index is 0.0993. The van der Waals surface area contributed by atoms with Crippen LogP contribution in [0.1, 0.15) is 30.0 Å². The Bertz CT molecular complexity index is 807. The summed E-state index contributed by atoms with van der Waals surface area (Å²) in [6, 6.07) is 14.3. The molecular formula is C23H29FN2O. The molecule has 2 aliphatic rings. The van der Waals surface area contributed by atoms with Gasteiger partial charge in [-0.3, -0.25) is 0 Å². The van der Waals surface area contributed by atoms with Crippen LogP contribution in [0.25, 0.3) is 0 Å². The molecule has 4 rings (SSSR count). The molecule has 1 fully saturated rings. The number of fused-ring (bicyclic) bond motifs is 4. The summed E-state index contributed by atoms with van der Waals surface area (Å²) in [6.07, 6.45) is 3.11. The van der Waals surface area contributed by atoms with Gasteiger partial charge in [0.25, 0.3) is 0 Å². The first-order chi connectivity index (χ1) is 13.0. The number of rotatable bonds is 5. The molecule has 0 aromatic heterocycles. The minimum atomic E-state index is -0.173. The average Bonchev–Trinajstić information content (AvgIpc) is 2.68. The van der Waals surface area contributed by atoms with Crippen LogP contribution in [0.4, 0.5) is 4.39 Å². The number of piperidine rings is 1. The van der Waals surface area contributed by atoms with Crippen molar-refractivity contribution in [2.75, 3.05) is 27.2 Å². The van der Waals surface area contributed by atoms with Crippen molar-refractivity contribution in [2.45, 2.75) is 43.7 Å². The second kappa shape index (κ2) is 7.25. The van der Waals surface area contributed by atoms with Crippen LogP contribution >= 0.6 is 0 Å². The maximum absolute atomic E-state index is 13.1. The molecule has 1 heterocycles.